The van der Waals surface area contributed by atoms with Crippen LogP contribution >= 0.6 is 27.5 Å². The van der Waals surface area contributed by atoms with Gasteiger partial charge in [-0.1, -0.05) is 28.1 Å². The summed E-state index contributed by atoms with van der Waals surface area (Å²) in [5.41, 5.74) is 0.720. The molecule has 1 amide bonds. The largest absolute Gasteiger partial charge is 0.349 e. The number of amides is 1. The number of halogens is 2. The lowest BCUT2D eigenvalue weighted by atomic mass is 9.94. The quantitative estimate of drug-likeness (QED) is 0.754. The monoisotopic (exact) mass is 365 g/mol. The minimum atomic E-state index is 0.0119. The Morgan fingerprint density at radius 3 is 2.48 bits per heavy atom. The summed E-state index contributed by atoms with van der Waals surface area (Å²) in [5.74, 6) is 0.0119. The molecule has 0 bridgehead atoms. The van der Waals surface area contributed by atoms with Gasteiger partial charge in [0.1, 0.15) is 0 Å². The van der Waals surface area contributed by atoms with Crippen molar-refractivity contribution < 1.29 is 4.79 Å². The summed E-state index contributed by atoms with van der Waals surface area (Å²) >= 11 is 9.56. The molecule has 2 aromatic rings. The molecule has 110 valence electrons. The first-order valence-electron chi connectivity index (χ1n) is 7.26. The van der Waals surface area contributed by atoms with Crippen LogP contribution in [-0.4, -0.2) is 17.3 Å². The average Bonchev–Trinajstić information content (AvgIpc) is 2.49. The molecule has 1 N–H and O–H groups in total. The fourth-order valence-corrected chi connectivity index (χ4v) is 3.45. The van der Waals surface area contributed by atoms with E-state index in [1.165, 1.54) is 0 Å². The van der Waals surface area contributed by atoms with E-state index in [-0.39, 0.29) is 17.3 Å². The van der Waals surface area contributed by atoms with Crippen LogP contribution in [0.25, 0.3) is 10.8 Å². The van der Waals surface area contributed by atoms with Gasteiger partial charge >= 0.3 is 0 Å². The molecule has 21 heavy (non-hydrogen) atoms. The van der Waals surface area contributed by atoms with Crippen molar-refractivity contribution in [3.8, 4) is 0 Å². The van der Waals surface area contributed by atoms with E-state index in [9.17, 15) is 4.79 Å². The van der Waals surface area contributed by atoms with Gasteiger partial charge < -0.3 is 5.32 Å². The summed E-state index contributed by atoms with van der Waals surface area (Å²) < 4.78 is 1.05. The van der Waals surface area contributed by atoms with Crippen molar-refractivity contribution in [3.05, 3.63) is 46.4 Å². The van der Waals surface area contributed by atoms with Gasteiger partial charge in [0.25, 0.3) is 5.91 Å². The van der Waals surface area contributed by atoms with Gasteiger partial charge in [0.2, 0.25) is 0 Å². The molecule has 0 saturated heterocycles. The molecule has 0 unspecified atom stereocenters. The summed E-state index contributed by atoms with van der Waals surface area (Å²) in [4.78, 5) is 12.4. The number of benzene rings is 2. The van der Waals surface area contributed by atoms with Crippen LogP contribution in [0.5, 0.6) is 0 Å². The predicted octanol–water partition coefficient (Wildman–Crippen LogP) is 4.88. The van der Waals surface area contributed by atoms with Crippen LogP contribution in [0.3, 0.4) is 0 Å². The molecule has 2 nitrogen and oxygen atoms in total. The number of hydrogen-bond donors (Lipinski definition) is 1. The molecule has 1 saturated carbocycles. The van der Waals surface area contributed by atoms with Crippen molar-refractivity contribution in [2.45, 2.75) is 37.1 Å². The van der Waals surface area contributed by atoms with Crippen molar-refractivity contribution in [3.63, 3.8) is 0 Å². The van der Waals surface area contributed by atoms with E-state index in [2.05, 4.69) is 27.3 Å². The van der Waals surface area contributed by atoms with E-state index in [1.54, 1.807) is 0 Å². The van der Waals surface area contributed by atoms with Crippen LogP contribution in [0.2, 0.25) is 0 Å². The van der Waals surface area contributed by atoms with Crippen LogP contribution in [0.4, 0.5) is 0 Å². The topological polar surface area (TPSA) is 29.1 Å². The first-order chi connectivity index (χ1) is 10.1. The highest BCUT2D eigenvalue weighted by molar-refractivity contribution is 9.10. The number of rotatable bonds is 2. The Labute approximate surface area is 138 Å². The van der Waals surface area contributed by atoms with Crippen LogP contribution in [0.1, 0.15) is 36.0 Å². The van der Waals surface area contributed by atoms with Crippen LogP contribution in [-0.2, 0) is 0 Å². The van der Waals surface area contributed by atoms with Gasteiger partial charge in [0, 0.05) is 21.5 Å². The molecular formula is C17H17BrClNO. The number of hydrogen-bond acceptors (Lipinski definition) is 1. The predicted molar refractivity (Wildman–Crippen MR) is 91.0 cm³/mol. The van der Waals surface area contributed by atoms with Gasteiger partial charge in [-0.2, -0.15) is 0 Å². The molecule has 1 aliphatic rings. The second-order valence-corrected chi connectivity index (χ2v) is 7.16. The zero-order valence-corrected chi connectivity index (χ0v) is 14.0. The molecule has 1 aliphatic carbocycles. The van der Waals surface area contributed by atoms with E-state index in [0.29, 0.717) is 0 Å². The molecular weight excluding hydrogens is 350 g/mol. The SMILES string of the molecule is O=C(NC1CCC(Cl)CC1)c1ccc2cc(Br)ccc2c1. The standard InChI is InChI=1S/C17H17BrClNO/c18-14-4-3-11-9-13(2-1-12(11)10-14)17(21)20-16-7-5-15(19)6-8-16/h1-4,9-10,15-16H,5-8H2,(H,20,21). The Morgan fingerprint density at radius 2 is 1.71 bits per heavy atom. The number of fused-ring (bicyclic) bond motifs is 1. The lowest BCUT2D eigenvalue weighted by molar-refractivity contribution is 0.0928. The van der Waals surface area contributed by atoms with E-state index in [1.807, 2.05) is 30.3 Å². The van der Waals surface area contributed by atoms with Crippen molar-refractivity contribution in [1.29, 1.82) is 0 Å². The molecule has 0 aromatic heterocycles. The van der Waals surface area contributed by atoms with E-state index in [0.717, 1.165) is 46.5 Å². The van der Waals surface area contributed by atoms with Crippen LogP contribution in [0.15, 0.2) is 40.9 Å². The molecule has 3 rings (SSSR count). The second-order valence-electron chi connectivity index (χ2n) is 5.63. The number of carbonyl (C=O) groups is 1. The highest BCUT2D eigenvalue weighted by Gasteiger charge is 2.21. The first-order valence-corrected chi connectivity index (χ1v) is 8.49. The van der Waals surface area contributed by atoms with Crippen molar-refractivity contribution in [2.24, 2.45) is 0 Å². The third kappa shape index (κ3) is 3.58. The Bertz CT molecular complexity index is 665. The zero-order chi connectivity index (χ0) is 14.8. The van der Waals surface area contributed by atoms with E-state index >= 15 is 0 Å². The molecule has 0 aliphatic heterocycles. The van der Waals surface area contributed by atoms with Gasteiger partial charge in [-0.25, -0.2) is 0 Å². The summed E-state index contributed by atoms with van der Waals surface area (Å²) in [7, 11) is 0. The lowest BCUT2D eigenvalue weighted by Crippen LogP contribution is -2.37. The molecule has 4 heteroatoms. The van der Waals surface area contributed by atoms with E-state index in [4.69, 9.17) is 11.6 Å². The maximum absolute atomic E-state index is 12.4. The van der Waals surface area contributed by atoms with Gasteiger partial charge in [-0.05, 0) is 60.7 Å². The van der Waals surface area contributed by atoms with Crippen LogP contribution in [0, 0.1) is 0 Å². The summed E-state index contributed by atoms with van der Waals surface area (Å²) in [6, 6.07) is 12.2. The Hall–Kier alpha value is -1.06. The Morgan fingerprint density at radius 1 is 1.05 bits per heavy atom. The zero-order valence-electron chi connectivity index (χ0n) is 11.6. The third-order valence-electron chi connectivity index (χ3n) is 4.06. The highest BCUT2D eigenvalue weighted by atomic mass is 79.9. The Kier molecular flexibility index (Phi) is 4.51. The fourth-order valence-electron chi connectivity index (χ4n) is 2.82. The number of carbonyl (C=O) groups excluding carboxylic acids is 1. The van der Waals surface area contributed by atoms with Gasteiger partial charge in [0.15, 0.2) is 0 Å². The highest BCUT2D eigenvalue weighted by Crippen LogP contribution is 2.24. The molecule has 0 heterocycles. The first kappa shape index (κ1) is 14.9. The smallest absolute Gasteiger partial charge is 0.251 e. The van der Waals surface area contributed by atoms with Crippen molar-refractivity contribution in [2.75, 3.05) is 0 Å². The maximum atomic E-state index is 12.4. The van der Waals surface area contributed by atoms with Crippen LogP contribution < -0.4 is 5.32 Å². The van der Waals surface area contributed by atoms with Crippen molar-refractivity contribution in [1.82, 2.24) is 5.32 Å². The number of nitrogens with one attached hydrogen (secondary N) is 1. The summed E-state index contributed by atoms with van der Waals surface area (Å²) in [6.45, 7) is 0. The molecule has 2 aromatic carbocycles. The van der Waals surface area contributed by atoms with E-state index < -0.39 is 0 Å². The third-order valence-corrected chi connectivity index (χ3v) is 4.99. The molecule has 0 radical (unpaired) electrons. The van der Waals surface area contributed by atoms with Crippen molar-refractivity contribution >= 4 is 44.2 Å². The maximum Gasteiger partial charge on any atom is 0.251 e. The average molecular weight is 367 g/mol. The lowest BCUT2D eigenvalue weighted by Gasteiger charge is -2.25. The fraction of sp³-hybridized carbons (Fsp3) is 0.353. The summed E-state index contributed by atoms with van der Waals surface area (Å²) in [6.07, 6.45) is 3.91. The molecule has 1 fully saturated rings. The minimum absolute atomic E-state index is 0.0119. The second kappa shape index (κ2) is 6.37. The summed E-state index contributed by atoms with van der Waals surface area (Å²) in [5, 5.41) is 5.61. The number of alkyl halides is 1. The molecule has 0 atom stereocenters. The Balaban J connectivity index is 1.74. The normalized spacial score (nSPS) is 22.2. The van der Waals surface area contributed by atoms with Gasteiger partial charge in [-0.3, -0.25) is 4.79 Å². The van der Waals surface area contributed by atoms with Gasteiger partial charge in [-0.15, -0.1) is 11.6 Å². The van der Waals surface area contributed by atoms with Gasteiger partial charge in [0.05, 0.1) is 0 Å². The minimum Gasteiger partial charge on any atom is -0.349 e. The molecule has 0 spiro atoms.